The van der Waals surface area contributed by atoms with Gasteiger partial charge in [0.25, 0.3) is 5.91 Å². The molecule has 1 amide bonds. The molecule has 7 nitrogen and oxygen atoms in total. The maximum atomic E-state index is 12.4. The molecular weight excluding hydrogens is 368 g/mol. The van der Waals surface area contributed by atoms with Crippen LogP contribution in [0.2, 0.25) is 5.02 Å². The zero-order valence-corrected chi connectivity index (χ0v) is 15.1. The predicted molar refractivity (Wildman–Crippen MR) is 102 cm³/mol. The molecule has 0 saturated carbocycles. The number of halogens is 1. The fourth-order valence-corrected chi connectivity index (χ4v) is 2.71. The summed E-state index contributed by atoms with van der Waals surface area (Å²) in [5, 5.41) is 6.48. The molecule has 0 atom stereocenters. The van der Waals surface area contributed by atoms with Gasteiger partial charge in [0.15, 0.2) is 11.5 Å². The summed E-state index contributed by atoms with van der Waals surface area (Å²) in [4.78, 5) is 20.8. The number of aryl methyl sites for hydroxylation is 1. The van der Waals surface area contributed by atoms with Crippen LogP contribution in [-0.2, 0) is 0 Å². The highest BCUT2D eigenvalue weighted by atomic mass is 35.5. The summed E-state index contributed by atoms with van der Waals surface area (Å²) in [5.74, 6) is 1.31. The Morgan fingerprint density at radius 1 is 1.07 bits per heavy atom. The van der Waals surface area contributed by atoms with E-state index in [9.17, 15) is 4.79 Å². The van der Waals surface area contributed by atoms with E-state index in [1.54, 1.807) is 24.3 Å². The molecule has 1 aromatic heterocycles. The van der Waals surface area contributed by atoms with Crippen LogP contribution in [0.1, 0.15) is 15.9 Å². The van der Waals surface area contributed by atoms with Crippen LogP contribution in [0, 0.1) is 6.92 Å². The second-order valence-corrected chi connectivity index (χ2v) is 6.34. The van der Waals surface area contributed by atoms with E-state index in [4.69, 9.17) is 21.1 Å². The molecule has 3 aromatic rings. The average molecular weight is 383 g/mol. The molecule has 0 radical (unpaired) electrons. The third-order valence-electron chi connectivity index (χ3n) is 3.99. The van der Waals surface area contributed by atoms with Crippen LogP contribution < -0.4 is 20.1 Å². The second kappa shape index (κ2) is 7.13. The molecule has 1 aliphatic rings. The number of anilines is 3. The van der Waals surface area contributed by atoms with Crippen LogP contribution in [0.15, 0.2) is 48.8 Å². The number of rotatable bonds is 4. The van der Waals surface area contributed by atoms with Crippen molar-refractivity contribution < 1.29 is 14.3 Å². The van der Waals surface area contributed by atoms with Crippen LogP contribution in [0.4, 0.5) is 17.3 Å². The Labute approximate surface area is 160 Å². The van der Waals surface area contributed by atoms with Crippen molar-refractivity contribution in [3.8, 4) is 11.5 Å². The number of nitrogens with one attached hydrogen (secondary N) is 2. The Balaban J connectivity index is 1.45. The summed E-state index contributed by atoms with van der Waals surface area (Å²) < 4.78 is 10.6. The lowest BCUT2D eigenvalue weighted by atomic mass is 10.2. The van der Waals surface area contributed by atoms with Crippen molar-refractivity contribution in [2.75, 3.05) is 17.4 Å². The number of benzene rings is 2. The summed E-state index contributed by atoms with van der Waals surface area (Å²) >= 11 is 6.01. The number of nitrogens with zero attached hydrogens (tertiary/aromatic N) is 2. The molecule has 0 fully saturated rings. The SMILES string of the molecule is Cc1ccc(Cl)cc1Nc1ncc(C(=O)Nc2ccc3c(c2)OCO3)cn1. The van der Waals surface area contributed by atoms with Gasteiger partial charge in [0.1, 0.15) is 0 Å². The first-order valence-corrected chi connectivity index (χ1v) is 8.52. The van der Waals surface area contributed by atoms with E-state index < -0.39 is 0 Å². The smallest absolute Gasteiger partial charge is 0.258 e. The quantitative estimate of drug-likeness (QED) is 0.704. The summed E-state index contributed by atoms with van der Waals surface area (Å²) in [5.41, 5.74) is 2.75. The van der Waals surface area contributed by atoms with Crippen LogP contribution >= 0.6 is 11.6 Å². The summed E-state index contributed by atoms with van der Waals surface area (Å²) in [6.45, 7) is 2.13. The number of carbonyl (C=O) groups is 1. The van der Waals surface area contributed by atoms with E-state index in [1.807, 2.05) is 19.1 Å². The molecule has 0 unspecified atom stereocenters. The molecule has 2 aromatic carbocycles. The third-order valence-corrected chi connectivity index (χ3v) is 4.23. The normalized spacial score (nSPS) is 11.9. The minimum Gasteiger partial charge on any atom is -0.454 e. The van der Waals surface area contributed by atoms with Crippen molar-refractivity contribution in [3.05, 3.63) is 64.9 Å². The molecule has 8 heteroatoms. The monoisotopic (exact) mass is 382 g/mol. The van der Waals surface area contributed by atoms with Crippen LogP contribution in [0.25, 0.3) is 0 Å². The Hall–Kier alpha value is -3.32. The van der Waals surface area contributed by atoms with Crippen LogP contribution in [0.5, 0.6) is 11.5 Å². The van der Waals surface area contributed by atoms with Gasteiger partial charge in [-0.15, -0.1) is 0 Å². The van der Waals surface area contributed by atoms with Crippen molar-refractivity contribution in [2.24, 2.45) is 0 Å². The molecule has 2 heterocycles. The van der Waals surface area contributed by atoms with Gasteiger partial charge in [-0.3, -0.25) is 4.79 Å². The number of amides is 1. The van der Waals surface area contributed by atoms with E-state index in [2.05, 4.69) is 20.6 Å². The zero-order valence-electron chi connectivity index (χ0n) is 14.3. The number of hydrogen-bond donors (Lipinski definition) is 2. The lowest BCUT2D eigenvalue weighted by molar-refractivity contribution is 0.102. The Bertz CT molecular complexity index is 1010. The molecule has 27 heavy (non-hydrogen) atoms. The van der Waals surface area contributed by atoms with Gasteiger partial charge < -0.3 is 20.1 Å². The molecule has 0 aliphatic carbocycles. The van der Waals surface area contributed by atoms with E-state index in [-0.39, 0.29) is 12.7 Å². The first-order chi connectivity index (χ1) is 13.1. The summed E-state index contributed by atoms with van der Waals surface area (Å²) in [6.07, 6.45) is 2.91. The van der Waals surface area contributed by atoms with Gasteiger partial charge in [0.05, 0.1) is 5.56 Å². The highest BCUT2D eigenvalue weighted by molar-refractivity contribution is 6.30. The molecule has 0 bridgehead atoms. The van der Waals surface area contributed by atoms with Gasteiger partial charge in [-0.25, -0.2) is 9.97 Å². The lowest BCUT2D eigenvalue weighted by Crippen LogP contribution is -2.13. The van der Waals surface area contributed by atoms with Gasteiger partial charge in [-0.2, -0.15) is 0 Å². The summed E-state index contributed by atoms with van der Waals surface area (Å²) in [6, 6.07) is 10.7. The molecule has 0 spiro atoms. The fraction of sp³-hybridized carbons (Fsp3) is 0.105. The van der Waals surface area contributed by atoms with Gasteiger partial charge in [0.2, 0.25) is 12.7 Å². The van der Waals surface area contributed by atoms with Gasteiger partial charge in [-0.1, -0.05) is 17.7 Å². The van der Waals surface area contributed by atoms with E-state index in [0.717, 1.165) is 11.3 Å². The minimum absolute atomic E-state index is 0.182. The fourth-order valence-electron chi connectivity index (χ4n) is 2.54. The number of fused-ring (bicyclic) bond motifs is 1. The topological polar surface area (TPSA) is 85.4 Å². The van der Waals surface area contributed by atoms with Crippen molar-refractivity contribution in [3.63, 3.8) is 0 Å². The zero-order chi connectivity index (χ0) is 18.8. The van der Waals surface area contributed by atoms with Gasteiger partial charge in [0, 0.05) is 34.9 Å². The molecular formula is C19H15ClN4O3. The van der Waals surface area contributed by atoms with Gasteiger partial charge in [-0.05, 0) is 36.8 Å². The molecule has 136 valence electrons. The van der Waals surface area contributed by atoms with Crippen molar-refractivity contribution in [1.82, 2.24) is 9.97 Å². The molecule has 1 aliphatic heterocycles. The maximum Gasteiger partial charge on any atom is 0.258 e. The highest BCUT2D eigenvalue weighted by Gasteiger charge is 2.15. The van der Waals surface area contributed by atoms with E-state index in [1.165, 1.54) is 12.4 Å². The first kappa shape index (κ1) is 17.1. The van der Waals surface area contributed by atoms with Crippen molar-refractivity contribution in [1.29, 1.82) is 0 Å². The predicted octanol–water partition coefficient (Wildman–Crippen LogP) is 4.16. The maximum absolute atomic E-state index is 12.4. The Kier molecular flexibility index (Phi) is 4.52. The van der Waals surface area contributed by atoms with Crippen LogP contribution in [0.3, 0.4) is 0 Å². The molecule has 4 rings (SSSR count). The summed E-state index contributed by atoms with van der Waals surface area (Å²) in [7, 11) is 0. The number of hydrogen-bond acceptors (Lipinski definition) is 6. The minimum atomic E-state index is -0.320. The van der Waals surface area contributed by atoms with E-state index in [0.29, 0.717) is 33.7 Å². The Morgan fingerprint density at radius 3 is 2.67 bits per heavy atom. The van der Waals surface area contributed by atoms with Crippen LogP contribution in [-0.4, -0.2) is 22.7 Å². The van der Waals surface area contributed by atoms with Gasteiger partial charge >= 0.3 is 0 Å². The average Bonchev–Trinajstić information content (AvgIpc) is 3.13. The standard InChI is InChI=1S/C19H15ClN4O3/c1-11-2-3-13(20)6-15(11)24-19-21-8-12(9-22-19)18(25)23-14-4-5-16-17(7-14)27-10-26-16/h2-9H,10H2,1H3,(H,23,25)(H,21,22,24). The highest BCUT2D eigenvalue weighted by Crippen LogP contribution is 2.34. The van der Waals surface area contributed by atoms with Crippen molar-refractivity contribution in [2.45, 2.75) is 6.92 Å². The number of carbonyl (C=O) groups excluding carboxylic acids is 1. The second-order valence-electron chi connectivity index (χ2n) is 5.90. The number of ether oxygens (including phenoxy) is 2. The molecule has 2 N–H and O–H groups in total. The lowest BCUT2D eigenvalue weighted by Gasteiger charge is -2.09. The Morgan fingerprint density at radius 2 is 1.85 bits per heavy atom. The number of aromatic nitrogens is 2. The largest absolute Gasteiger partial charge is 0.454 e. The first-order valence-electron chi connectivity index (χ1n) is 8.15. The van der Waals surface area contributed by atoms with E-state index >= 15 is 0 Å². The third kappa shape index (κ3) is 3.78. The van der Waals surface area contributed by atoms with Crippen molar-refractivity contribution >= 4 is 34.8 Å². The molecule has 0 saturated heterocycles.